The number of ether oxygens (including phenoxy) is 1. The maximum atomic E-state index is 6.60. The molecule has 0 atom stereocenters. The van der Waals surface area contributed by atoms with Gasteiger partial charge in [0, 0.05) is 34.7 Å². The topological polar surface area (TPSA) is 66.4 Å². The number of nitrogens with zero attached hydrogens (tertiary/aromatic N) is 3. The van der Waals surface area contributed by atoms with Crippen molar-refractivity contribution in [1.82, 2.24) is 15.0 Å². The highest BCUT2D eigenvalue weighted by atomic mass is 27.2. The molecule has 0 fully saturated rings. The summed E-state index contributed by atoms with van der Waals surface area (Å²) in [5.74, 6) is 2.07. The van der Waals surface area contributed by atoms with Crippen LogP contribution in [0.3, 0.4) is 0 Å². The smallest absolute Gasteiger partial charge is 0.609 e. The van der Waals surface area contributed by atoms with Crippen molar-refractivity contribution in [3.63, 3.8) is 0 Å². The highest BCUT2D eigenvalue weighted by molar-refractivity contribution is 6.46. The van der Waals surface area contributed by atoms with Gasteiger partial charge in [0.1, 0.15) is 39.3 Å². The molecule has 0 aliphatic carbocycles. The van der Waals surface area contributed by atoms with E-state index in [2.05, 4.69) is 53.9 Å². The lowest BCUT2D eigenvalue weighted by atomic mass is 10.1. The molecular formula is C31H26AlN3O3. The average molecular weight is 516 g/mol. The Labute approximate surface area is 225 Å². The van der Waals surface area contributed by atoms with E-state index >= 15 is 0 Å². The van der Waals surface area contributed by atoms with Crippen LogP contribution in [0.25, 0.3) is 32.7 Å². The van der Waals surface area contributed by atoms with Crippen molar-refractivity contribution in [3.8, 4) is 17.2 Å². The molecule has 3 aromatic heterocycles. The lowest BCUT2D eigenvalue weighted by molar-refractivity contribution is 0.320. The number of rotatable bonds is 7. The third-order valence-corrected chi connectivity index (χ3v) is 8.22. The monoisotopic (exact) mass is 515 g/mol. The molecule has 6 aromatic rings. The number of aryl methyl sites for hydroxylation is 3. The van der Waals surface area contributed by atoms with Crippen molar-refractivity contribution in [1.29, 1.82) is 0 Å². The van der Waals surface area contributed by atoms with Gasteiger partial charge in [-0.1, -0.05) is 36.4 Å². The molecule has 186 valence electrons. The quantitative estimate of drug-likeness (QED) is 0.217. The number of para-hydroxylation sites is 3. The molecule has 38 heavy (non-hydrogen) atoms. The van der Waals surface area contributed by atoms with Crippen molar-refractivity contribution >= 4 is 47.5 Å². The van der Waals surface area contributed by atoms with E-state index in [1.54, 1.807) is 18.6 Å². The number of pyridine rings is 3. The van der Waals surface area contributed by atoms with Crippen LogP contribution in [-0.4, -0.2) is 35.2 Å². The number of benzene rings is 3. The Balaban J connectivity index is 1.37. The third-order valence-electron chi connectivity index (χ3n) is 6.75. The minimum Gasteiger partial charge on any atom is -0.609 e. The average Bonchev–Trinajstić information content (AvgIpc) is 2.93. The van der Waals surface area contributed by atoms with E-state index in [9.17, 15) is 0 Å². The first kappa shape index (κ1) is 24.2. The summed E-state index contributed by atoms with van der Waals surface area (Å²) in [6.07, 6.45) is 5.42. The number of fused-ring (bicyclic) bond motifs is 3. The van der Waals surface area contributed by atoms with Gasteiger partial charge in [0.15, 0.2) is 0 Å². The largest absolute Gasteiger partial charge is 0.899 e. The zero-order valence-corrected chi connectivity index (χ0v) is 22.7. The van der Waals surface area contributed by atoms with Crippen molar-refractivity contribution in [2.24, 2.45) is 0 Å². The summed E-state index contributed by atoms with van der Waals surface area (Å²) in [6.45, 7) is 6.21. The van der Waals surface area contributed by atoms with Gasteiger partial charge in [0.05, 0.1) is 0 Å². The highest BCUT2D eigenvalue weighted by Gasteiger charge is 2.36. The summed E-state index contributed by atoms with van der Waals surface area (Å²) in [4.78, 5) is 13.8. The number of aromatic nitrogens is 3. The second-order valence-electron chi connectivity index (χ2n) is 9.32. The van der Waals surface area contributed by atoms with Crippen molar-refractivity contribution in [2.75, 3.05) is 5.47 Å². The fourth-order valence-corrected chi connectivity index (χ4v) is 6.15. The Bertz CT molecular complexity index is 1700. The van der Waals surface area contributed by atoms with Gasteiger partial charge in [-0.2, -0.15) is 0 Å². The predicted molar refractivity (Wildman–Crippen MR) is 152 cm³/mol. The van der Waals surface area contributed by atoms with Crippen LogP contribution in [0.15, 0.2) is 91.4 Å². The van der Waals surface area contributed by atoms with Crippen LogP contribution in [0.2, 0.25) is 0 Å². The fraction of sp³-hybridized carbons (Fsp3) is 0.129. The first-order chi connectivity index (χ1) is 18.6. The van der Waals surface area contributed by atoms with Crippen molar-refractivity contribution in [2.45, 2.75) is 20.8 Å². The lowest BCUT2D eigenvalue weighted by Gasteiger charge is -2.19. The summed E-state index contributed by atoms with van der Waals surface area (Å²) >= 11 is -2.53. The van der Waals surface area contributed by atoms with Gasteiger partial charge in [-0.05, 0) is 73.9 Å². The van der Waals surface area contributed by atoms with E-state index in [1.165, 1.54) is 0 Å². The molecule has 0 aliphatic heterocycles. The van der Waals surface area contributed by atoms with Gasteiger partial charge in [0.25, 0.3) is 0 Å². The van der Waals surface area contributed by atoms with E-state index < -0.39 is 14.8 Å². The normalized spacial score (nSPS) is 11.1. The molecule has 0 bridgehead atoms. The molecule has 0 aliphatic rings. The van der Waals surface area contributed by atoms with Gasteiger partial charge in [-0.25, -0.2) is 0 Å². The molecule has 3 heterocycles. The minimum atomic E-state index is -2.53. The second kappa shape index (κ2) is 10.3. The molecule has 0 saturated carbocycles. The Morgan fingerprint density at radius 3 is 1.37 bits per heavy atom. The second-order valence-corrected chi connectivity index (χ2v) is 11.0. The maximum absolute atomic E-state index is 6.60. The summed E-state index contributed by atoms with van der Waals surface area (Å²) in [6, 6.07) is 23.9. The van der Waals surface area contributed by atoms with Gasteiger partial charge in [-0.15, -0.1) is 0 Å². The minimum absolute atomic E-state index is 0.263. The zero-order chi connectivity index (χ0) is 26.1. The summed E-state index contributed by atoms with van der Waals surface area (Å²) in [5.41, 5.74) is 6.13. The molecular weight excluding hydrogens is 489 g/mol. The molecule has 0 N–H and O–H groups in total. The summed E-state index contributed by atoms with van der Waals surface area (Å²) in [5, 5.41) is 3.16. The van der Waals surface area contributed by atoms with Crippen LogP contribution in [0.5, 0.6) is 17.2 Å². The first-order valence-corrected chi connectivity index (χ1v) is 14.3. The van der Waals surface area contributed by atoms with Crippen molar-refractivity contribution < 1.29 is 12.3 Å². The van der Waals surface area contributed by atoms with Gasteiger partial charge >= 0.3 is 14.8 Å². The molecule has 0 spiro atoms. The Morgan fingerprint density at radius 2 is 0.921 bits per heavy atom. The van der Waals surface area contributed by atoms with Crippen LogP contribution in [0.1, 0.15) is 16.7 Å². The van der Waals surface area contributed by atoms with Gasteiger partial charge < -0.3 is 12.3 Å². The van der Waals surface area contributed by atoms with E-state index in [1.807, 2.05) is 54.6 Å². The van der Waals surface area contributed by atoms with Crippen molar-refractivity contribution in [3.05, 3.63) is 108 Å². The third kappa shape index (κ3) is 4.63. The maximum Gasteiger partial charge on any atom is 0.899 e. The Kier molecular flexibility index (Phi) is 6.55. The molecule has 0 saturated heterocycles. The molecule has 0 radical (unpaired) electrons. The number of hydrogen-bond donors (Lipinski definition) is 0. The van der Waals surface area contributed by atoms with Crippen LogP contribution in [-0.2, 0) is 0 Å². The Morgan fingerprint density at radius 1 is 0.526 bits per heavy atom. The van der Waals surface area contributed by atoms with Crippen LogP contribution >= 0.6 is 0 Å². The molecule has 6 rings (SSSR count). The lowest BCUT2D eigenvalue weighted by Crippen LogP contribution is -2.37. The van der Waals surface area contributed by atoms with E-state index in [0.29, 0.717) is 17.2 Å². The van der Waals surface area contributed by atoms with Crippen LogP contribution < -0.4 is 12.3 Å². The van der Waals surface area contributed by atoms with Gasteiger partial charge in [-0.3, -0.25) is 15.0 Å². The predicted octanol–water partition coefficient (Wildman–Crippen LogP) is 6.82. The highest BCUT2D eigenvalue weighted by Crippen LogP contribution is 2.30. The standard InChI is InChI=1S/C11H10NO.2C10H9NO.Al/c1-8-6-7-12-11-9(8)4-3-5-10(11)13-2;2*1-7-5-6-11-10-8(7)3-2-4-9(10)12;/h3-7H,2H2,1H3;2*2-6,12H,1H3;/q;;;+2/p-2. The summed E-state index contributed by atoms with van der Waals surface area (Å²) in [7, 11) is 0. The van der Waals surface area contributed by atoms with E-state index in [0.717, 1.165) is 49.4 Å². The van der Waals surface area contributed by atoms with E-state index in [-0.39, 0.29) is 5.47 Å². The first-order valence-electron chi connectivity index (χ1n) is 12.6. The molecule has 3 aromatic carbocycles. The number of hydrogen-bond acceptors (Lipinski definition) is 6. The van der Waals surface area contributed by atoms with E-state index in [4.69, 9.17) is 12.3 Å². The van der Waals surface area contributed by atoms with Crippen LogP contribution in [0, 0.1) is 20.8 Å². The Hall–Kier alpha value is -4.18. The summed E-state index contributed by atoms with van der Waals surface area (Å²) < 4.78 is 19.6. The molecule has 0 unspecified atom stereocenters. The molecule has 6 nitrogen and oxygen atoms in total. The zero-order valence-electron chi connectivity index (χ0n) is 21.5. The molecule has 7 heteroatoms. The van der Waals surface area contributed by atoms with Gasteiger partial charge in [0.2, 0.25) is 0 Å². The molecule has 0 amide bonds. The SMILES string of the molecule is Cc1ccnc2c(O[CH2][Al]([O]c3cccc4c(C)ccnc34)[O]c3cccc4c(C)ccnc34)cccc12. The fourth-order valence-electron chi connectivity index (χ4n) is 4.70. The van der Waals surface area contributed by atoms with Crippen LogP contribution in [0.4, 0.5) is 0 Å².